The van der Waals surface area contributed by atoms with Crippen molar-refractivity contribution in [2.45, 2.75) is 25.8 Å². The lowest BCUT2D eigenvalue weighted by Gasteiger charge is -2.14. The van der Waals surface area contributed by atoms with E-state index in [4.69, 9.17) is 0 Å². The summed E-state index contributed by atoms with van der Waals surface area (Å²) in [5, 5.41) is 11.8. The standard InChI is InChI=1S/C11H13N3O2/c1-11(2,14(15)16)6-8-7-13-10-9(8)4-3-5-12-10/h3-5,7H,6H2,1-2H3,(H,12,13). The van der Waals surface area contributed by atoms with Crippen LogP contribution in [-0.2, 0) is 6.42 Å². The first-order valence-corrected chi connectivity index (χ1v) is 5.06. The molecule has 0 saturated heterocycles. The molecule has 0 spiro atoms. The third kappa shape index (κ3) is 1.76. The van der Waals surface area contributed by atoms with Crippen LogP contribution in [0.2, 0.25) is 0 Å². The van der Waals surface area contributed by atoms with Crippen molar-refractivity contribution in [3.8, 4) is 0 Å². The molecule has 0 unspecified atom stereocenters. The summed E-state index contributed by atoms with van der Waals surface area (Å²) in [6.07, 6.45) is 3.88. The molecule has 0 aliphatic rings. The highest BCUT2D eigenvalue weighted by Crippen LogP contribution is 2.22. The van der Waals surface area contributed by atoms with Crippen LogP contribution in [0.4, 0.5) is 0 Å². The van der Waals surface area contributed by atoms with E-state index in [1.54, 1.807) is 26.2 Å². The smallest absolute Gasteiger partial charge is 0.220 e. The Balaban J connectivity index is 2.38. The van der Waals surface area contributed by atoms with Gasteiger partial charge in [0.05, 0.1) is 0 Å². The molecule has 0 aliphatic heterocycles. The maximum Gasteiger partial charge on any atom is 0.220 e. The molecule has 0 aliphatic carbocycles. The average molecular weight is 219 g/mol. The Morgan fingerprint density at radius 3 is 3.00 bits per heavy atom. The van der Waals surface area contributed by atoms with Gasteiger partial charge in [-0.25, -0.2) is 4.98 Å². The minimum Gasteiger partial charge on any atom is -0.346 e. The molecular formula is C11H13N3O2. The van der Waals surface area contributed by atoms with Gasteiger partial charge < -0.3 is 4.98 Å². The zero-order valence-electron chi connectivity index (χ0n) is 9.23. The summed E-state index contributed by atoms with van der Waals surface area (Å²) in [5.74, 6) is 0. The van der Waals surface area contributed by atoms with Crippen LogP contribution in [0.15, 0.2) is 24.5 Å². The highest BCUT2D eigenvalue weighted by Gasteiger charge is 2.31. The lowest BCUT2D eigenvalue weighted by Crippen LogP contribution is -2.33. The second-order valence-corrected chi connectivity index (χ2v) is 4.46. The molecule has 5 heteroatoms. The van der Waals surface area contributed by atoms with Gasteiger partial charge in [0, 0.05) is 43.0 Å². The largest absolute Gasteiger partial charge is 0.346 e. The molecule has 0 atom stereocenters. The number of rotatable bonds is 3. The van der Waals surface area contributed by atoms with Crippen molar-refractivity contribution < 1.29 is 4.92 Å². The third-order valence-electron chi connectivity index (χ3n) is 2.65. The summed E-state index contributed by atoms with van der Waals surface area (Å²) in [6.45, 7) is 3.25. The van der Waals surface area contributed by atoms with Crippen molar-refractivity contribution in [3.63, 3.8) is 0 Å². The zero-order valence-corrected chi connectivity index (χ0v) is 9.23. The van der Waals surface area contributed by atoms with Crippen LogP contribution >= 0.6 is 0 Å². The van der Waals surface area contributed by atoms with Crippen molar-refractivity contribution in [3.05, 3.63) is 40.2 Å². The fourth-order valence-electron chi connectivity index (χ4n) is 1.69. The van der Waals surface area contributed by atoms with Gasteiger partial charge in [0.15, 0.2) is 0 Å². The highest BCUT2D eigenvalue weighted by atomic mass is 16.6. The Kier molecular flexibility index (Phi) is 2.38. The maximum absolute atomic E-state index is 10.9. The molecule has 0 fully saturated rings. The van der Waals surface area contributed by atoms with Crippen molar-refractivity contribution in [1.29, 1.82) is 0 Å². The van der Waals surface area contributed by atoms with E-state index in [1.165, 1.54) is 0 Å². The number of fused-ring (bicyclic) bond motifs is 1. The number of H-pyrrole nitrogens is 1. The van der Waals surface area contributed by atoms with Crippen LogP contribution in [0.1, 0.15) is 19.4 Å². The van der Waals surface area contributed by atoms with E-state index in [9.17, 15) is 10.1 Å². The van der Waals surface area contributed by atoms with Gasteiger partial charge in [0.25, 0.3) is 0 Å². The molecule has 0 amide bonds. The predicted octanol–water partition coefficient (Wildman–Crippen LogP) is 2.16. The van der Waals surface area contributed by atoms with E-state index in [2.05, 4.69) is 9.97 Å². The number of nitrogens with one attached hydrogen (secondary N) is 1. The Morgan fingerprint density at radius 2 is 2.31 bits per heavy atom. The second kappa shape index (κ2) is 3.59. The molecular weight excluding hydrogens is 206 g/mol. The second-order valence-electron chi connectivity index (χ2n) is 4.46. The van der Waals surface area contributed by atoms with Gasteiger partial charge in [0.1, 0.15) is 5.65 Å². The van der Waals surface area contributed by atoms with E-state index in [0.717, 1.165) is 16.6 Å². The summed E-state index contributed by atoms with van der Waals surface area (Å²) in [4.78, 5) is 17.8. The minimum atomic E-state index is -0.953. The van der Waals surface area contributed by atoms with Gasteiger partial charge in [-0.3, -0.25) is 10.1 Å². The van der Waals surface area contributed by atoms with Crippen molar-refractivity contribution >= 4 is 11.0 Å². The molecule has 84 valence electrons. The number of aromatic amines is 1. The van der Waals surface area contributed by atoms with Gasteiger partial charge >= 0.3 is 0 Å². The molecule has 0 saturated carbocycles. The van der Waals surface area contributed by atoms with Gasteiger partial charge in [0.2, 0.25) is 5.54 Å². The molecule has 2 aromatic heterocycles. The van der Waals surface area contributed by atoms with Crippen LogP contribution in [-0.4, -0.2) is 20.4 Å². The molecule has 2 aromatic rings. The Hall–Kier alpha value is -1.91. The molecule has 0 aromatic carbocycles. The van der Waals surface area contributed by atoms with Gasteiger partial charge in [-0.2, -0.15) is 0 Å². The number of nitro groups is 1. The van der Waals surface area contributed by atoms with E-state index in [1.807, 2.05) is 12.1 Å². The molecule has 5 nitrogen and oxygen atoms in total. The first kappa shape index (κ1) is 10.6. The lowest BCUT2D eigenvalue weighted by atomic mass is 9.96. The fraction of sp³-hybridized carbons (Fsp3) is 0.364. The highest BCUT2D eigenvalue weighted by molar-refractivity contribution is 5.79. The molecule has 0 radical (unpaired) electrons. The number of hydrogen-bond acceptors (Lipinski definition) is 3. The van der Waals surface area contributed by atoms with Crippen LogP contribution < -0.4 is 0 Å². The predicted molar refractivity (Wildman–Crippen MR) is 60.9 cm³/mol. The number of nitrogens with zero attached hydrogens (tertiary/aromatic N) is 2. The van der Waals surface area contributed by atoms with Crippen molar-refractivity contribution in [2.24, 2.45) is 0 Å². The topological polar surface area (TPSA) is 71.8 Å². The Bertz CT molecular complexity index is 531. The van der Waals surface area contributed by atoms with Crippen LogP contribution in [0.5, 0.6) is 0 Å². The van der Waals surface area contributed by atoms with E-state index in [0.29, 0.717) is 6.42 Å². The number of aromatic nitrogens is 2. The first-order chi connectivity index (χ1) is 7.50. The number of pyridine rings is 1. The normalized spacial score (nSPS) is 11.9. The fourth-order valence-corrected chi connectivity index (χ4v) is 1.69. The maximum atomic E-state index is 10.9. The quantitative estimate of drug-likeness (QED) is 0.635. The summed E-state index contributed by atoms with van der Waals surface area (Å²) in [7, 11) is 0. The lowest BCUT2D eigenvalue weighted by molar-refractivity contribution is -0.560. The van der Waals surface area contributed by atoms with E-state index < -0.39 is 5.54 Å². The van der Waals surface area contributed by atoms with E-state index >= 15 is 0 Å². The van der Waals surface area contributed by atoms with Gasteiger partial charge in [-0.05, 0) is 17.7 Å². The molecule has 2 rings (SSSR count). The summed E-state index contributed by atoms with van der Waals surface area (Å²) in [6, 6.07) is 3.75. The third-order valence-corrected chi connectivity index (χ3v) is 2.65. The molecule has 1 N–H and O–H groups in total. The summed E-state index contributed by atoms with van der Waals surface area (Å²) in [5.41, 5.74) is 0.756. The number of hydrogen-bond donors (Lipinski definition) is 1. The molecule has 2 heterocycles. The summed E-state index contributed by atoms with van der Waals surface area (Å²) < 4.78 is 0. The monoisotopic (exact) mass is 219 g/mol. The van der Waals surface area contributed by atoms with E-state index in [-0.39, 0.29) is 4.92 Å². The Labute approximate surface area is 92.7 Å². The molecule has 16 heavy (non-hydrogen) atoms. The summed E-state index contributed by atoms with van der Waals surface area (Å²) >= 11 is 0. The van der Waals surface area contributed by atoms with Crippen LogP contribution in [0.25, 0.3) is 11.0 Å². The van der Waals surface area contributed by atoms with Crippen LogP contribution in [0.3, 0.4) is 0 Å². The SMILES string of the molecule is CC(C)(Cc1c[nH]c2ncccc12)[N+](=O)[O-]. The Morgan fingerprint density at radius 1 is 1.56 bits per heavy atom. The van der Waals surface area contributed by atoms with Crippen LogP contribution in [0, 0.1) is 10.1 Å². The van der Waals surface area contributed by atoms with Gasteiger partial charge in [-0.15, -0.1) is 0 Å². The minimum absolute atomic E-state index is 0.248. The first-order valence-electron chi connectivity index (χ1n) is 5.06. The van der Waals surface area contributed by atoms with Crippen molar-refractivity contribution in [2.75, 3.05) is 0 Å². The van der Waals surface area contributed by atoms with Gasteiger partial charge in [-0.1, -0.05) is 0 Å². The zero-order chi connectivity index (χ0) is 11.8. The van der Waals surface area contributed by atoms with Crippen molar-refractivity contribution in [1.82, 2.24) is 9.97 Å². The average Bonchev–Trinajstić information content (AvgIpc) is 2.61. The molecule has 0 bridgehead atoms.